The van der Waals surface area contributed by atoms with Crippen molar-refractivity contribution in [3.63, 3.8) is 0 Å². The first-order valence-electron chi connectivity index (χ1n) is 4.03. The second-order valence-electron chi connectivity index (χ2n) is 2.93. The Hall–Kier alpha value is -0.950. The van der Waals surface area contributed by atoms with Crippen LogP contribution in [0.15, 0.2) is 26.2 Å². The molecule has 0 aliphatic carbocycles. The Labute approximate surface area is 102 Å². The number of rotatable bonds is 1. The van der Waals surface area contributed by atoms with Crippen LogP contribution >= 0.6 is 31.9 Å². The van der Waals surface area contributed by atoms with Crippen LogP contribution in [-0.4, -0.2) is 16.9 Å². The van der Waals surface area contributed by atoms with E-state index in [0.717, 1.165) is 8.95 Å². The molecule has 0 saturated heterocycles. The average Bonchev–Trinajstić information content (AvgIpc) is 2.45. The Bertz CT molecular complexity index is 460. The molecule has 0 radical (unpaired) electrons. The second-order valence-corrected chi connectivity index (χ2v) is 4.70. The van der Waals surface area contributed by atoms with Crippen molar-refractivity contribution in [3.05, 3.63) is 26.9 Å². The van der Waals surface area contributed by atoms with E-state index in [1.807, 2.05) is 0 Å². The van der Waals surface area contributed by atoms with Crippen LogP contribution in [0, 0.1) is 0 Å². The van der Waals surface area contributed by atoms with Crippen molar-refractivity contribution in [1.82, 2.24) is 10.3 Å². The number of halogens is 2. The molecule has 1 amide bonds. The molecule has 0 bridgehead atoms. The number of hydrogen-bond donors (Lipinski definition) is 2. The monoisotopic (exact) mass is 332 g/mol. The molecule has 2 heterocycles. The zero-order valence-electron chi connectivity index (χ0n) is 7.37. The lowest BCUT2D eigenvalue weighted by atomic mass is 10.2. The number of carbonyl (C=O) groups excluding carboxylic acids is 1. The van der Waals surface area contributed by atoms with E-state index >= 15 is 0 Å². The fourth-order valence-electron chi connectivity index (χ4n) is 1.24. The molecule has 1 aromatic rings. The minimum atomic E-state index is -0.660. The third-order valence-electron chi connectivity index (χ3n) is 1.86. The van der Waals surface area contributed by atoms with Crippen molar-refractivity contribution in [2.24, 2.45) is 10.7 Å². The van der Waals surface area contributed by atoms with Gasteiger partial charge in [-0.1, -0.05) is 0 Å². The van der Waals surface area contributed by atoms with Gasteiger partial charge in [0, 0.05) is 15.1 Å². The molecule has 1 unspecified atom stereocenters. The maximum Gasteiger partial charge on any atom is 0.257 e. The summed E-state index contributed by atoms with van der Waals surface area (Å²) in [5.74, 6) is -0.135. The zero-order chi connectivity index (χ0) is 11.0. The van der Waals surface area contributed by atoms with Gasteiger partial charge in [0.15, 0.2) is 12.0 Å². The van der Waals surface area contributed by atoms with E-state index in [-0.39, 0.29) is 11.9 Å². The number of guanidine groups is 1. The zero-order valence-corrected chi connectivity index (χ0v) is 10.5. The summed E-state index contributed by atoms with van der Waals surface area (Å²) in [5, 5.41) is 2.42. The number of carbonyl (C=O) groups is 1. The van der Waals surface area contributed by atoms with Gasteiger partial charge in [-0.05, 0) is 37.9 Å². The van der Waals surface area contributed by atoms with Gasteiger partial charge in [0.05, 0.1) is 5.69 Å². The van der Waals surface area contributed by atoms with Crippen LogP contribution in [-0.2, 0) is 4.79 Å². The molecule has 3 N–H and O–H groups in total. The highest BCUT2D eigenvalue weighted by Gasteiger charge is 2.29. The molecule has 0 fully saturated rings. The summed E-state index contributed by atoms with van der Waals surface area (Å²) in [4.78, 5) is 19.5. The van der Waals surface area contributed by atoms with Crippen LogP contribution in [0.3, 0.4) is 0 Å². The van der Waals surface area contributed by atoms with Crippen LogP contribution < -0.4 is 11.1 Å². The van der Waals surface area contributed by atoms with Crippen LogP contribution in [0.5, 0.6) is 0 Å². The summed E-state index contributed by atoms with van der Waals surface area (Å²) in [6.07, 6.45) is 1.61. The molecule has 0 spiro atoms. The van der Waals surface area contributed by atoms with Gasteiger partial charge in [0.25, 0.3) is 5.91 Å². The van der Waals surface area contributed by atoms with Gasteiger partial charge in [-0.2, -0.15) is 0 Å². The molecule has 7 heteroatoms. The summed E-state index contributed by atoms with van der Waals surface area (Å²) in [5.41, 5.74) is 5.95. The van der Waals surface area contributed by atoms with E-state index in [0.29, 0.717) is 5.69 Å². The predicted molar refractivity (Wildman–Crippen MR) is 62.1 cm³/mol. The largest absolute Gasteiger partial charge is 0.370 e. The van der Waals surface area contributed by atoms with Crippen LogP contribution in [0.2, 0.25) is 0 Å². The Morgan fingerprint density at radius 3 is 2.73 bits per heavy atom. The van der Waals surface area contributed by atoms with Gasteiger partial charge in [-0.3, -0.25) is 15.1 Å². The molecule has 1 atom stereocenters. The molecule has 1 aromatic heterocycles. The predicted octanol–water partition coefficient (Wildman–Crippen LogP) is 1.09. The fourth-order valence-corrected chi connectivity index (χ4v) is 2.44. The van der Waals surface area contributed by atoms with Crippen LogP contribution in [0.4, 0.5) is 0 Å². The number of amides is 1. The van der Waals surface area contributed by atoms with E-state index in [1.165, 1.54) is 0 Å². The summed E-state index contributed by atoms with van der Waals surface area (Å²) >= 11 is 6.60. The number of aromatic nitrogens is 1. The first-order valence-corrected chi connectivity index (χ1v) is 5.61. The summed E-state index contributed by atoms with van der Waals surface area (Å²) in [6.45, 7) is 0. The third-order valence-corrected chi connectivity index (χ3v) is 2.93. The van der Waals surface area contributed by atoms with Gasteiger partial charge >= 0.3 is 0 Å². The quantitative estimate of drug-likeness (QED) is 0.807. The molecule has 1 aliphatic heterocycles. The van der Waals surface area contributed by atoms with Crippen molar-refractivity contribution >= 4 is 43.7 Å². The lowest BCUT2D eigenvalue weighted by Gasteiger charge is -2.06. The molecule has 0 saturated carbocycles. The number of aliphatic imine (C=N–C) groups is 1. The molecule has 15 heavy (non-hydrogen) atoms. The highest BCUT2D eigenvalue weighted by atomic mass is 79.9. The highest BCUT2D eigenvalue weighted by Crippen LogP contribution is 2.28. The Kier molecular flexibility index (Phi) is 2.74. The van der Waals surface area contributed by atoms with Crippen molar-refractivity contribution in [2.45, 2.75) is 6.04 Å². The van der Waals surface area contributed by atoms with Crippen molar-refractivity contribution in [2.75, 3.05) is 0 Å². The number of hydrogen-bond acceptors (Lipinski definition) is 4. The summed E-state index contributed by atoms with van der Waals surface area (Å²) < 4.78 is 1.55. The lowest BCUT2D eigenvalue weighted by molar-refractivity contribution is -0.120. The second kappa shape index (κ2) is 3.90. The Morgan fingerprint density at radius 1 is 1.47 bits per heavy atom. The molecule has 2 rings (SSSR count). The van der Waals surface area contributed by atoms with Crippen molar-refractivity contribution in [1.29, 1.82) is 0 Å². The highest BCUT2D eigenvalue weighted by molar-refractivity contribution is 9.11. The number of pyridine rings is 1. The minimum absolute atomic E-state index is 0.126. The van der Waals surface area contributed by atoms with Gasteiger partial charge < -0.3 is 5.73 Å². The maximum absolute atomic E-state index is 11.4. The smallest absolute Gasteiger partial charge is 0.257 e. The summed E-state index contributed by atoms with van der Waals surface area (Å²) in [7, 11) is 0. The van der Waals surface area contributed by atoms with Gasteiger partial charge in [-0.25, -0.2) is 4.99 Å². The first kappa shape index (κ1) is 10.6. The fraction of sp³-hybridized carbons (Fsp3) is 0.125. The molecule has 0 aromatic carbocycles. The van der Waals surface area contributed by atoms with Crippen molar-refractivity contribution in [3.8, 4) is 0 Å². The van der Waals surface area contributed by atoms with Crippen LogP contribution in [0.25, 0.3) is 0 Å². The van der Waals surface area contributed by atoms with E-state index in [2.05, 4.69) is 47.2 Å². The minimum Gasteiger partial charge on any atom is -0.370 e. The van der Waals surface area contributed by atoms with E-state index < -0.39 is 6.04 Å². The summed E-state index contributed by atoms with van der Waals surface area (Å²) in [6, 6.07) is 1.15. The molecular formula is C8H6Br2N4O. The Balaban J connectivity index is 2.42. The maximum atomic E-state index is 11.4. The standard InChI is InChI=1S/C8H6Br2N4O/c9-3-1-4(10)5(12-2-3)6-7(15)14-8(11)13-6/h1-2,6H,(H3,11,13,14,15). The normalized spacial score (nSPS) is 20.0. The van der Waals surface area contributed by atoms with E-state index in [4.69, 9.17) is 5.73 Å². The third kappa shape index (κ3) is 2.03. The van der Waals surface area contributed by atoms with Crippen molar-refractivity contribution < 1.29 is 4.79 Å². The van der Waals surface area contributed by atoms with Gasteiger partial charge in [-0.15, -0.1) is 0 Å². The number of nitrogens with two attached hydrogens (primary N) is 1. The average molecular weight is 334 g/mol. The first-order chi connectivity index (χ1) is 7.08. The molecule has 5 nitrogen and oxygen atoms in total. The van der Waals surface area contributed by atoms with Crippen LogP contribution in [0.1, 0.15) is 11.7 Å². The van der Waals surface area contributed by atoms with E-state index in [1.54, 1.807) is 12.3 Å². The van der Waals surface area contributed by atoms with Gasteiger partial charge in [0.2, 0.25) is 0 Å². The topological polar surface area (TPSA) is 80.4 Å². The lowest BCUT2D eigenvalue weighted by Crippen LogP contribution is -2.31. The number of nitrogens with zero attached hydrogens (tertiary/aromatic N) is 2. The molecular weight excluding hydrogens is 328 g/mol. The number of nitrogens with one attached hydrogen (secondary N) is 1. The SMILES string of the molecule is NC1=NC(c2ncc(Br)cc2Br)C(=O)N1. The molecule has 1 aliphatic rings. The van der Waals surface area contributed by atoms with E-state index in [9.17, 15) is 4.79 Å². The Morgan fingerprint density at radius 2 is 2.20 bits per heavy atom. The molecule has 78 valence electrons. The van der Waals surface area contributed by atoms with Gasteiger partial charge in [0.1, 0.15) is 0 Å².